The average molecular weight is 272 g/mol. The summed E-state index contributed by atoms with van der Waals surface area (Å²) in [7, 11) is 3.18. The Kier molecular flexibility index (Phi) is 886. The second-order valence-electron chi connectivity index (χ2n) is 0.183. The van der Waals surface area contributed by atoms with Crippen molar-refractivity contribution in [1.82, 2.24) is 0 Å². The Balaban J connectivity index is -0.0000000139. The summed E-state index contributed by atoms with van der Waals surface area (Å²) < 4.78 is 14.8. The van der Waals surface area contributed by atoms with Gasteiger partial charge in [0.2, 0.25) is 0 Å². The molecule has 0 spiro atoms. The summed E-state index contributed by atoms with van der Waals surface area (Å²) in [6, 6.07) is 0. The zero-order valence-corrected chi connectivity index (χ0v) is 9.70. The van der Waals surface area contributed by atoms with E-state index in [0.717, 1.165) is 14.2 Å². The van der Waals surface area contributed by atoms with Crippen LogP contribution in [0.5, 0.6) is 0 Å². The van der Waals surface area contributed by atoms with Crippen molar-refractivity contribution in [3.05, 3.63) is 0 Å². The molecule has 6 nitrogen and oxygen atoms in total. The van der Waals surface area contributed by atoms with Crippen LogP contribution in [0.15, 0.2) is 0 Å². The molecule has 0 saturated heterocycles. The van der Waals surface area contributed by atoms with Crippen LogP contribution in [0.1, 0.15) is 0 Å². The molecule has 0 aliphatic carbocycles. The molecule has 0 rings (SSSR count). The second-order valence-corrected chi connectivity index (χ2v) is 0.183. The minimum atomic E-state index is 0.300. The normalized spacial score (nSPS) is 3.55. The number of aliphatic hydroxyl groups is 2. The van der Waals surface area contributed by atoms with Crippen LogP contribution in [-0.2, 0) is 32.4 Å². The fourth-order valence-corrected chi connectivity index (χ4v) is 0. The van der Waals surface area contributed by atoms with E-state index in [4.69, 9.17) is 22.9 Å². The van der Waals surface area contributed by atoms with E-state index in [-0.39, 0.29) is 0 Å². The average Bonchev–Trinajstić information content (AvgIpc) is 2.18. The van der Waals surface area contributed by atoms with E-state index < -0.39 is 0 Å². The Bertz CT molecular complexity index is 21.8. The molecule has 0 bridgehead atoms. The van der Waals surface area contributed by atoms with Gasteiger partial charge in [-0.25, -0.2) is 4.89 Å². The molecular formula is C3H13ClO6Zr. The number of hydrogen-bond donors (Lipinski definition) is 4. The van der Waals surface area contributed by atoms with E-state index in [1.54, 1.807) is 0 Å². The summed E-state index contributed by atoms with van der Waals surface area (Å²) in [6.07, 6.45) is 0. The van der Waals surface area contributed by atoms with Crippen LogP contribution in [0, 0.1) is 0 Å². The predicted octanol–water partition coefficient (Wildman–Crippen LogP) is -0.666. The Morgan fingerprint density at radius 1 is 1.09 bits per heavy atom. The summed E-state index contributed by atoms with van der Waals surface area (Å²) in [5, 5.41) is 21.1. The molecule has 0 saturated carbocycles. The van der Waals surface area contributed by atoms with Gasteiger partial charge in [-0.15, -0.1) is 0 Å². The fraction of sp³-hybridized carbons (Fsp3) is 1.00. The van der Waals surface area contributed by atoms with Crippen LogP contribution in [-0.4, -0.2) is 41.5 Å². The van der Waals surface area contributed by atoms with Crippen molar-refractivity contribution in [1.29, 1.82) is 0 Å². The molecule has 0 heterocycles. The van der Waals surface area contributed by atoms with Crippen LogP contribution in [0.3, 0.4) is 0 Å². The predicted molar refractivity (Wildman–Crippen MR) is 34.7 cm³/mol. The summed E-state index contributed by atoms with van der Waals surface area (Å²) >= 11 is 3.94. The van der Waals surface area contributed by atoms with Gasteiger partial charge in [-0.1, -0.05) is 0 Å². The number of rotatable bonds is 0. The number of hydrogen-bond acceptors (Lipinski definition) is 6. The summed E-state index contributed by atoms with van der Waals surface area (Å²) in [5.74, 6) is 0. The molecule has 0 aliphatic heterocycles. The van der Waals surface area contributed by atoms with Crippen molar-refractivity contribution in [3.63, 3.8) is 0 Å². The molecule has 0 aromatic carbocycles. The van der Waals surface area contributed by atoms with Gasteiger partial charge in [0, 0.05) is 14.2 Å². The Labute approximate surface area is 85.8 Å². The topological polar surface area (TPSA) is 107 Å². The standard InChI is InChI=1S/CH4O2.2CH4O.ClHO.O.Zr/c1-3-2;3*1-2;;/h2H,1H3;2*2H,1H3;2H;;. The Hall–Kier alpha value is 0.773. The molecule has 4 N–H and O–H groups in total. The van der Waals surface area contributed by atoms with Crippen molar-refractivity contribution in [2.45, 2.75) is 0 Å². The first-order chi connectivity index (χ1) is 5.41. The van der Waals surface area contributed by atoms with Crippen LogP contribution in [0.4, 0.5) is 0 Å². The maximum atomic E-state index is 8.34. The van der Waals surface area contributed by atoms with Gasteiger partial charge >= 0.3 is 27.5 Å². The van der Waals surface area contributed by atoms with Crippen molar-refractivity contribution >= 4 is 11.9 Å². The van der Waals surface area contributed by atoms with Gasteiger partial charge in [0.25, 0.3) is 0 Å². The van der Waals surface area contributed by atoms with E-state index in [1.807, 2.05) is 0 Å². The molecule has 0 aromatic rings. The van der Waals surface area contributed by atoms with Gasteiger partial charge in [0.05, 0.1) is 19.0 Å². The summed E-state index contributed by atoms with van der Waals surface area (Å²) in [6.45, 7) is 0. The monoisotopic (exact) mass is 270 g/mol. The third kappa shape index (κ3) is 1390. The molecule has 0 unspecified atom stereocenters. The van der Waals surface area contributed by atoms with Crippen molar-refractivity contribution in [2.24, 2.45) is 0 Å². The van der Waals surface area contributed by atoms with Gasteiger partial charge < -0.3 is 10.2 Å². The van der Waals surface area contributed by atoms with E-state index in [1.165, 1.54) is 7.11 Å². The second kappa shape index (κ2) is 327. The SMILES string of the molecule is CO.CO.COO.OCl.[O]=[Zr]. The minimum absolute atomic E-state index is 0.300. The van der Waals surface area contributed by atoms with E-state index in [2.05, 4.69) is 16.8 Å². The Morgan fingerprint density at radius 2 is 1.09 bits per heavy atom. The van der Waals surface area contributed by atoms with Gasteiger partial charge in [0.15, 0.2) is 0 Å². The first-order valence-corrected chi connectivity index (χ1v) is 3.20. The third-order valence-corrected chi connectivity index (χ3v) is 0. The van der Waals surface area contributed by atoms with E-state index in [0.29, 0.717) is 24.7 Å². The van der Waals surface area contributed by atoms with Crippen LogP contribution < -0.4 is 0 Å². The maximum absolute atomic E-state index is 8.34. The van der Waals surface area contributed by atoms with Gasteiger partial charge in [-0.2, -0.15) is 0 Å². The molecule has 0 atom stereocenters. The molecule has 11 heavy (non-hydrogen) atoms. The zero-order valence-electron chi connectivity index (χ0n) is 6.48. The summed E-state index contributed by atoms with van der Waals surface area (Å²) in [5.41, 5.74) is 0. The van der Waals surface area contributed by atoms with Crippen LogP contribution >= 0.6 is 11.9 Å². The van der Waals surface area contributed by atoms with E-state index >= 15 is 0 Å². The van der Waals surface area contributed by atoms with Crippen LogP contribution in [0.2, 0.25) is 0 Å². The molecule has 0 fully saturated rings. The molecule has 72 valence electrons. The van der Waals surface area contributed by atoms with Crippen molar-refractivity contribution in [3.8, 4) is 0 Å². The van der Waals surface area contributed by atoms with Crippen LogP contribution in [0.25, 0.3) is 0 Å². The molecule has 0 radical (unpaired) electrons. The van der Waals surface area contributed by atoms with Gasteiger partial charge in [-0.05, 0) is 0 Å². The third-order valence-electron chi connectivity index (χ3n) is 0. The molecule has 0 aromatic heterocycles. The summed E-state index contributed by atoms with van der Waals surface area (Å²) in [4.78, 5) is 3.25. The number of halogens is 1. The Morgan fingerprint density at radius 3 is 1.09 bits per heavy atom. The molecule has 8 heteroatoms. The van der Waals surface area contributed by atoms with Gasteiger partial charge in [-0.3, -0.25) is 9.92 Å². The van der Waals surface area contributed by atoms with Crippen molar-refractivity contribution < 1.29 is 52.6 Å². The van der Waals surface area contributed by atoms with E-state index in [9.17, 15) is 0 Å². The zero-order chi connectivity index (χ0) is 10.7. The first kappa shape index (κ1) is 29.8. The quantitative estimate of drug-likeness (QED) is 0.344. The fourth-order valence-electron chi connectivity index (χ4n) is 0. The first-order valence-electron chi connectivity index (χ1n) is 1.86. The van der Waals surface area contributed by atoms with Gasteiger partial charge in [0.1, 0.15) is 0 Å². The number of aliphatic hydroxyl groups excluding tert-OH is 2. The molecular weight excluding hydrogens is 259 g/mol. The molecule has 0 amide bonds. The van der Waals surface area contributed by atoms with Crippen molar-refractivity contribution in [2.75, 3.05) is 21.3 Å². The molecule has 0 aliphatic rings.